The fourth-order valence-electron chi connectivity index (χ4n) is 2.48. The van der Waals surface area contributed by atoms with Crippen molar-refractivity contribution in [2.45, 2.75) is 33.6 Å². The molecule has 0 N–H and O–H groups in total. The van der Waals surface area contributed by atoms with Crippen molar-refractivity contribution in [2.75, 3.05) is 26.2 Å². The third-order valence-corrected chi connectivity index (χ3v) is 4.66. The first kappa shape index (κ1) is 16.0. The fraction of sp³-hybridized carbons (Fsp3) is 0.625. The SMILES string of the molecule is CC(C)(C)C(=O)N1CCN(C(=O)CCc2cccs2)CC1. The normalized spacial score (nSPS) is 16.1. The van der Waals surface area contributed by atoms with Crippen LogP contribution in [0.1, 0.15) is 32.1 Å². The molecule has 1 aromatic heterocycles. The number of hydrogen-bond donors (Lipinski definition) is 0. The van der Waals surface area contributed by atoms with Crippen molar-refractivity contribution in [1.29, 1.82) is 0 Å². The Bertz CT molecular complexity index is 483. The van der Waals surface area contributed by atoms with Gasteiger partial charge >= 0.3 is 0 Å². The van der Waals surface area contributed by atoms with E-state index in [1.54, 1.807) is 11.3 Å². The second-order valence-electron chi connectivity index (χ2n) is 6.50. The lowest BCUT2D eigenvalue weighted by Crippen LogP contribution is -2.53. The van der Waals surface area contributed by atoms with Crippen molar-refractivity contribution in [2.24, 2.45) is 5.41 Å². The highest BCUT2D eigenvalue weighted by Crippen LogP contribution is 2.19. The lowest BCUT2D eigenvalue weighted by atomic mass is 9.94. The Morgan fingerprint density at radius 1 is 1.14 bits per heavy atom. The van der Waals surface area contributed by atoms with Crippen LogP contribution in [0, 0.1) is 5.41 Å². The topological polar surface area (TPSA) is 40.6 Å². The van der Waals surface area contributed by atoms with Crippen molar-refractivity contribution >= 4 is 23.2 Å². The molecule has 2 rings (SSSR count). The molecular weight excluding hydrogens is 284 g/mol. The van der Waals surface area contributed by atoms with Crippen LogP contribution in [0.4, 0.5) is 0 Å². The molecule has 1 aliphatic heterocycles. The van der Waals surface area contributed by atoms with Gasteiger partial charge in [0.05, 0.1) is 0 Å². The van der Waals surface area contributed by atoms with E-state index < -0.39 is 0 Å². The molecule has 0 saturated carbocycles. The Morgan fingerprint density at radius 2 is 1.76 bits per heavy atom. The summed E-state index contributed by atoms with van der Waals surface area (Å²) in [5.74, 6) is 0.374. The van der Waals surface area contributed by atoms with Gasteiger partial charge in [0.15, 0.2) is 0 Å². The zero-order valence-corrected chi connectivity index (χ0v) is 13.9. The lowest BCUT2D eigenvalue weighted by Gasteiger charge is -2.37. The number of carbonyl (C=O) groups is 2. The lowest BCUT2D eigenvalue weighted by molar-refractivity contribution is -0.144. The first-order valence-electron chi connectivity index (χ1n) is 7.47. The molecule has 1 fully saturated rings. The van der Waals surface area contributed by atoms with Gasteiger partial charge in [0.1, 0.15) is 0 Å². The zero-order valence-electron chi connectivity index (χ0n) is 13.1. The van der Waals surface area contributed by atoms with Crippen LogP contribution in [0.5, 0.6) is 0 Å². The van der Waals surface area contributed by atoms with Gasteiger partial charge in [-0.1, -0.05) is 26.8 Å². The molecule has 2 amide bonds. The maximum absolute atomic E-state index is 12.2. The minimum atomic E-state index is -0.342. The van der Waals surface area contributed by atoms with Crippen LogP contribution in [0.25, 0.3) is 0 Å². The van der Waals surface area contributed by atoms with E-state index in [0.717, 1.165) is 6.42 Å². The minimum Gasteiger partial charge on any atom is -0.339 e. The number of amides is 2. The summed E-state index contributed by atoms with van der Waals surface area (Å²) in [6.07, 6.45) is 1.38. The van der Waals surface area contributed by atoms with Crippen LogP contribution in [-0.4, -0.2) is 47.8 Å². The van der Waals surface area contributed by atoms with E-state index in [0.29, 0.717) is 32.6 Å². The van der Waals surface area contributed by atoms with Crippen LogP contribution in [0.3, 0.4) is 0 Å². The van der Waals surface area contributed by atoms with Gasteiger partial charge in [0, 0.05) is 42.9 Å². The van der Waals surface area contributed by atoms with Crippen molar-refractivity contribution in [3.8, 4) is 0 Å². The molecule has 0 aliphatic carbocycles. The average molecular weight is 308 g/mol. The Hall–Kier alpha value is -1.36. The number of nitrogens with zero attached hydrogens (tertiary/aromatic N) is 2. The zero-order chi connectivity index (χ0) is 15.5. The van der Waals surface area contributed by atoms with Gasteiger partial charge in [-0.05, 0) is 17.9 Å². The molecule has 116 valence electrons. The molecule has 0 aromatic carbocycles. The highest BCUT2D eigenvalue weighted by atomic mass is 32.1. The Morgan fingerprint density at radius 3 is 2.29 bits per heavy atom. The van der Waals surface area contributed by atoms with Gasteiger partial charge in [0.25, 0.3) is 0 Å². The number of thiophene rings is 1. The third-order valence-electron chi connectivity index (χ3n) is 3.73. The second-order valence-corrected chi connectivity index (χ2v) is 7.53. The van der Waals surface area contributed by atoms with Gasteiger partial charge in [-0.25, -0.2) is 0 Å². The van der Waals surface area contributed by atoms with Crippen LogP contribution in [-0.2, 0) is 16.0 Å². The van der Waals surface area contributed by atoms with Gasteiger partial charge in [-0.15, -0.1) is 11.3 Å². The molecule has 2 heterocycles. The van der Waals surface area contributed by atoms with Crippen LogP contribution in [0.2, 0.25) is 0 Å². The Kier molecular flexibility index (Phi) is 5.04. The summed E-state index contributed by atoms with van der Waals surface area (Å²) in [4.78, 5) is 29.4. The van der Waals surface area contributed by atoms with E-state index in [9.17, 15) is 9.59 Å². The average Bonchev–Trinajstić information content (AvgIpc) is 2.96. The van der Waals surface area contributed by atoms with Gasteiger partial charge in [-0.2, -0.15) is 0 Å². The number of aryl methyl sites for hydroxylation is 1. The van der Waals surface area contributed by atoms with Crippen molar-refractivity contribution in [3.63, 3.8) is 0 Å². The van der Waals surface area contributed by atoms with E-state index in [2.05, 4.69) is 6.07 Å². The molecule has 1 aromatic rings. The number of rotatable bonds is 3. The maximum atomic E-state index is 12.2. The molecule has 1 aliphatic rings. The highest BCUT2D eigenvalue weighted by Gasteiger charge is 2.30. The molecule has 0 spiro atoms. The maximum Gasteiger partial charge on any atom is 0.228 e. The number of carbonyl (C=O) groups excluding carboxylic acids is 2. The summed E-state index contributed by atoms with van der Waals surface area (Å²) in [6, 6.07) is 4.08. The molecular formula is C16H24N2O2S. The first-order chi connectivity index (χ1) is 9.88. The minimum absolute atomic E-state index is 0.174. The third kappa shape index (κ3) is 4.30. The van der Waals surface area contributed by atoms with Crippen LogP contribution in [0.15, 0.2) is 17.5 Å². The Balaban J connectivity index is 1.78. The predicted molar refractivity (Wildman–Crippen MR) is 85.3 cm³/mol. The van der Waals surface area contributed by atoms with Gasteiger partial charge in [0.2, 0.25) is 11.8 Å². The number of piperazine rings is 1. The molecule has 5 heteroatoms. The summed E-state index contributed by atoms with van der Waals surface area (Å²) in [5.41, 5.74) is -0.342. The second kappa shape index (κ2) is 6.60. The molecule has 0 radical (unpaired) electrons. The standard InChI is InChI=1S/C16H24N2O2S/c1-16(2,3)15(20)18-10-8-17(9-11-18)14(19)7-6-13-5-4-12-21-13/h4-5,12H,6-11H2,1-3H3. The quantitative estimate of drug-likeness (QED) is 0.860. The molecule has 0 unspecified atom stereocenters. The van der Waals surface area contributed by atoms with E-state index in [4.69, 9.17) is 0 Å². The van der Waals surface area contributed by atoms with Gasteiger partial charge < -0.3 is 9.80 Å². The highest BCUT2D eigenvalue weighted by molar-refractivity contribution is 7.09. The molecule has 1 saturated heterocycles. The van der Waals surface area contributed by atoms with E-state index in [1.807, 2.05) is 42.0 Å². The van der Waals surface area contributed by atoms with Crippen LogP contribution < -0.4 is 0 Å². The van der Waals surface area contributed by atoms with Crippen molar-refractivity contribution < 1.29 is 9.59 Å². The monoisotopic (exact) mass is 308 g/mol. The van der Waals surface area contributed by atoms with Gasteiger partial charge in [-0.3, -0.25) is 9.59 Å². The fourth-order valence-corrected chi connectivity index (χ4v) is 3.19. The van der Waals surface area contributed by atoms with Crippen LogP contribution >= 0.6 is 11.3 Å². The Labute approximate surface area is 130 Å². The first-order valence-corrected chi connectivity index (χ1v) is 8.35. The summed E-state index contributed by atoms with van der Waals surface area (Å²) >= 11 is 1.69. The summed E-state index contributed by atoms with van der Waals surface area (Å²) < 4.78 is 0. The predicted octanol–water partition coefficient (Wildman–Crippen LogP) is 2.40. The summed E-state index contributed by atoms with van der Waals surface area (Å²) in [6.45, 7) is 8.44. The smallest absolute Gasteiger partial charge is 0.228 e. The van der Waals surface area contributed by atoms with E-state index in [1.165, 1.54) is 4.88 Å². The number of hydrogen-bond acceptors (Lipinski definition) is 3. The van der Waals surface area contributed by atoms with E-state index in [-0.39, 0.29) is 17.2 Å². The molecule has 4 nitrogen and oxygen atoms in total. The van der Waals surface area contributed by atoms with Crippen molar-refractivity contribution in [3.05, 3.63) is 22.4 Å². The summed E-state index contributed by atoms with van der Waals surface area (Å²) in [7, 11) is 0. The molecule has 0 bridgehead atoms. The largest absolute Gasteiger partial charge is 0.339 e. The van der Waals surface area contributed by atoms with Crippen molar-refractivity contribution in [1.82, 2.24) is 9.80 Å². The summed E-state index contributed by atoms with van der Waals surface area (Å²) in [5, 5.41) is 2.04. The molecule has 21 heavy (non-hydrogen) atoms. The molecule has 0 atom stereocenters. The van der Waals surface area contributed by atoms with E-state index >= 15 is 0 Å².